The molecule has 1 N–H and O–H groups in total. The first-order valence-corrected chi connectivity index (χ1v) is 8.81. The van der Waals surface area contributed by atoms with Gasteiger partial charge in [0.25, 0.3) is 5.91 Å². The van der Waals surface area contributed by atoms with Crippen LogP contribution in [0.4, 0.5) is 0 Å². The van der Waals surface area contributed by atoms with E-state index in [1.54, 1.807) is 12.1 Å². The van der Waals surface area contributed by atoms with Gasteiger partial charge in [0.05, 0.1) is 26.0 Å². The fraction of sp³-hybridized carbons (Fsp3) is 0.667. The summed E-state index contributed by atoms with van der Waals surface area (Å²) in [5.41, 5.74) is -0.130. The summed E-state index contributed by atoms with van der Waals surface area (Å²) in [4.78, 5) is 26.0. The van der Waals surface area contributed by atoms with Crippen LogP contribution in [-0.4, -0.2) is 48.6 Å². The van der Waals surface area contributed by atoms with E-state index in [-0.39, 0.29) is 17.4 Å². The highest BCUT2D eigenvalue weighted by atomic mass is 16.5. The van der Waals surface area contributed by atoms with Crippen molar-refractivity contribution in [1.82, 2.24) is 10.2 Å². The van der Waals surface area contributed by atoms with Crippen molar-refractivity contribution in [2.45, 2.75) is 31.8 Å². The maximum atomic E-state index is 12.2. The van der Waals surface area contributed by atoms with Crippen molar-refractivity contribution in [2.75, 3.05) is 26.2 Å². The lowest BCUT2D eigenvalue weighted by atomic mass is 9.82. The van der Waals surface area contributed by atoms with Crippen molar-refractivity contribution in [3.63, 3.8) is 0 Å². The summed E-state index contributed by atoms with van der Waals surface area (Å²) in [5, 5.41) is 2.90. The third-order valence-corrected chi connectivity index (χ3v) is 5.63. The van der Waals surface area contributed by atoms with Gasteiger partial charge >= 0.3 is 0 Å². The molecule has 0 aromatic carbocycles. The predicted octanol–water partition coefficient (Wildman–Crippen LogP) is 1.67. The second kappa shape index (κ2) is 5.92. The average molecular weight is 332 g/mol. The minimum absolute atomic E-state index is 0.130. The van der Waals surface area contributed by atoms with Gasteiger partial charge in [-0.3, -0.25) is 9.59 Å². The second-order valence-corrected chi connectivity index (χ2v) is 7.60. The fourth-order valence-electron chi connectivity index (χ4n) is 3.77. The number of ether oxygens (including phenoxy) is 1. The molecule has 1 aromatic rings. The lowest BCUT2D eigenvalue weighted by Crippen LogP contribution is -2.66. The average Bonchev–Trinajstić information content (AvgIpc) is 3.06. The summed E-state index contributed by atoms with van der Waals surface area (Å²) in [6.45, 7) is 4.84. The van der Waals surface area contributed by atoms with Crippen LogP contribution in [0.3, 0.4) is 0 Å². The van der Waals surface area contributed by atoms with Crippen LogP contribution < -0.4 is 5.32 Å². The monoisotopic (exact) mass is 332 g/mol. The topological polar surface area (TPSA) is 71.8 Å². The zero-order chi connectivity index (χ0) is 16.7. The van der Waals surface area contributed by atoms with Crippen molar-refractivity contribution in [3.05, 3.63) is 24.2 Å². The van der Waals surface area contributed by atoms with Crippen molar-refractivity contribution >= 4 is 11.8 Å². The quantitative estimate of drug-likeness (QED) is 0.910. The van der Waals surface area contributed by atoms with Gasteiger partial charge < -0.3 is 19.4 Å². The summed E-state index contributed by atoms with van der Waals surface area (Å²) in [6.07, 6.45) is 4.51. The summed E-state index contributed by atoms with van der Waals surface area (Å²) in [5.74, 6) is 1.61. The number of amides is 2. The Morgan fingerprint density at radius 3 is 2.79 bits per heavy atom. The zero-order valence-corrected chi connectivity index (χ0v) is 14.0. The first kappa shape index (κ1) is 15.7. The van der Waals surface area contributed by atoms with Crippen LogP contribution in [0.1, 0.15) is 36.7 Å². The van der Waals surface area contributed by atoms with Crippen LogP contribution in [0.15, 0.2) is 22.8 Å². The minimum Gasteiger partial charge on any atom is -0.459 e. The lowest BCUT2D eigenvalue weighted by Gasteiger charge is -2.53. The van der Waals surface area contributed by atoms with Gasteiger partial charge in [-0.25, -0.2) is 0 Å². The number of hydrogen-bond acceptors (Lipinski definition) is 4. The van der Waals surface area contributed by atoms with E-state index in [2.05, 4.69) is 12.2 Å². The molecular weight excluding hydrogens is 308 g/mol. The highest BCUT2D eigenvalue weighted by molar-refractivity contribution is 5.91. The molecule has 2 aliphatic heterocycles. The fourth-order valence-corrected chi connectivity index (χ4v) is 3.77. The Morgan fingerprint density at radius 1 is 1.42 bits per heavy atom. The van der Waals surface area contributed by atoms with Crippen molar-refractivity contribution < 1.29 is 18.7 Å². The normalized spacial score (nSPS) is 30.7. The molecular formula is C18H24N2O4. The molecule has 3 unspecified atom stereocenters. The van der Waals surface area contributed by atoms with E-state index in [0.29, 0.717) is 36.7 Å². The zero-order valence-electron chi connectivity index (χ0n) is 14.0. The number of hydrogen-bond donors (Lipinski definition) is 1. The van der Waals surface area contributed by atoms with Gasteiger partial charge in [0, 0.05) is 12.5 Å². The Bertz CT molecular complexity index is 611. The van der Waals surface area contributed by atoms with Crippen LogP contribution in [0, 0.1) is 17.8 Å². The van der Waals surface area contributed by atoms with E-state index in [9.17, 15) is 9.59 Å². The smallest absolute Gasteiger partial charge is 0.286 e. The third-order valence-electron chi connectivity index (χ3n) is 5.63. The molecule has 4 rings (SSSR count). The lowest BCUT2D eigenvalue weighted by molar-refractivity contribution is -0.189. The number of nitrogens with zero attached hydrogens (tertiary/aromatic N) is 1. The Labute approximate surface area is 141 Å². The first-order valence-electron chi connectivity index (χ1n) is 8.81. The van der Waals surface area contributed by atoms with Gasteiger partial charge in [-0.15, -0.1) is 0 Å². The van der Waals surface area contributed by atoms with Crippen LogP contribution in [0.25, 0.3) is 0 Å². The van der Waals surface area contributed by atoms with Gasteiger partial charge in [-0.05, 0) is 43.2 Å². The van der Waals surface area contributed by atoms with Crippen LogP contribution in [0.2, 0.25) is 0 Å². The molecule has 1 aromatic heterocycles. The van der Waals surface area contributed by atoms with Crippen molar-refractivity contribution in [1.29, 1.82) is 0 Å². The van der Waals surface area contributed by atoms with E-state index in [0.717, 1.165) is 32.4 Å². The summed E-state index contributed by atoms with van der Waals surface area (Å²) in [7, 11) is 0. The van der Waals surface area contributed by atoms with Gasteiger partial charge in [0.15, 0.2) is 5.76 Å². The molecule has 6 heteroatoms. The van der Waals surface area contributed by atoms with Crippen LogP contribution >= 0.6 is 0 Å². The SMILES string of the molecule is CC1CC1C(=O)N1CC2(CCC(CNC(=O)c3ccco3)CO2)C1. The Hall–Kier alpha value is -1.82. The molecule has 2 saturated heterocycles. The number of nitrogens with one attached hydrogen (secondary N) is 1. The molecule has 3 aliphatic rings. The molecule has 1 aliphatic carbocycles. The Kier molecular flexibility index (Phi) is 3.87. The molecule has 24 heavy (non-hydrogen) atoms. The largest absolute Gasteiger partial charge is 0.459 e. The highest BCUT2D eigenvalue weighted by Gasteiger charge is 2.52. The van der Waals surface area contributed by atoms with Crippen LogP contribution in [-0.2, 0) is 9.53 Å². The molecule has 130 valence electrons. The van der Waals surface area contributed by atoms with Gasteiger partial charge in [0.2, 0.25) is 5.91 Å². The number of carbonyl (C=O) groups is 2. The highest BCUT2D eigenvalue weighted by Crippen LogP contribution is 2.43. The van der Waals surface area contributed by atoms with Gasteiger partial charge in [-0.1, -0.05) is 6.92 Å². The maximum absolute atomic E-state index is 12.2. The van der Waals surface area contributed by atoms with E-state index in [1.807, 2.05) is 4.90 Å². The maximum Gasteiger partial charge on any atom is 0.286 e. The summed E-state index contributed by atoms with van der Waals surface area (Å²) in [6, 6.07) is 3.36. The summed E-state index contributed by atoms with van der Waals surface area (Å²) < 4.78 is 11.2. The van der Waals surface area contributed by atoms with E-state index < -0.39 is 0 Å². The van der Waals surface area contributed by atoms with Gasteiger partial charge in [-0.2, -0.15) is 0 Å². The molecule has 3 fully saturated rings. The van der Waals surface area contributed by atoms with Crippen molar-refractivity contribution in [2.24, 2.45) is 17.8 Å². The third kappa shape index (κ3) is 2.95. The molecule has 3 atom stereocenters. The second-order valence-electron chi connectivity index (χ2n) is 7.60. The molecule has 6 nitrogen and oxygen atoms in total. The number of furan rings is 1. The van der Waals surface area contributed by atoms with E-state index in [4.69, 9.17) is 9.15 Å². The number of rotatable bonds is 4. The molecule has 0 bridgehead atoms. The predicted molar refractivity (Wildman–Crippen MR) is 86.3 cm³/mol. The van der Waals surface area contributed by atoms with E-state index in [1.165, 1.54) is 6.26 Å². The van der Waals surface area contributed by atoms with Crippen molar-refractivity contribution in [3.8, 4) is 0 Å². The van der Waals surface area contributed by atoms with Gasteiger partial charge in [0.1, 0.15) is 5.60 Å². The Morgan fingerprint density at radius 2 is 2.21 bits per heavy atom. The Balaban J connectivity index is 1.19. The van der Waals surface area contributed by atoms with E-state index >= 15 is 0 Å². The molecule has 3 heterocycles. The molecule has 0 radical (unpaired) electrons. The molecule has 2 amide bonds. The number of likely N-dealkylation sites (tertiary alicyclic amines) is 1. The first-order chi connectivity index (χ1) is 11.6. The number of carbonyl (C=O) groups excluding carboxylic acids is 2. The minimum atomic E-state index is -0.181. The molecule has 1 saturated carbocycles. The van der Waals surface area contributed by atoms with Crippen LogP contribution in [0.5, 0.6) is 0 Å². The summed E-state index contributed by atoms with van der Waals surface area (Å²) >= 11 is 0. The molecule has 1 spiro atoms. The standard InChI is InChI=1S/C18H24N2O4/c1-12-7-14(12)17(22)20-10-18(11-20)5-4-13(9-24-18)8-19-16(21)15-3-2-6-23-15/h2-3,6,12-14H,4-5,7-11H2,1H3,(H,19,21).